The van der Waals surface area contributed by atoms with Crippen LogP contribution in [0, 0.1) is 11.8 Å². The molecule has 20 heavy (non-hydrogen) atoms. The summed E-state index contributed by atoms with van der Waals surface area (Å²) in [7, 11) is 0. The van der Waals surface area contributed by atoms with Crippen LogP contribution in [0.5, 0.6) is 0 Å². The highest BCUT2D eigenvalue weighted by Crippen LogP contribution is 2.37. The largest absolute Gasteiger partial charge is 0.480 e. The van der Waals surface area contributed by atoms with Gasteiger partial charge in [0.25, 0.3) is 0 Å². The molecule has 2 rings (SSSR count). The number of β-amino-alcohol motifs (C(OH)–C–C–N with tert-alkyl or cyclic N) is 1. The number of carboxylic acids is 1. The first kappa shape index (κ1) is 14.8. The van der Waals surface area contributed by atoms with Crippen molar-refractivity contribution in [1.29, 1.82) is 0 Å². The third-order valence-electron chi connectivity index (χ3n) is 3.97. The van der Waals surface area contributed by atoms with Crippen molar-refractivity contribution >= 4 is 17.8 Å². The van der Waals surface area contributed by atoms with Crippen LogP contribution in [-0.2, 0) is 14.4 Å². The molecule has 112 valence electrons. The summed E-state index contributed by atoms with van der Waals surface area (Å²) < 4.78 is 0. The molecule has 0 aromatic rings. The molecular weight excluding hydrogens is 264 g/mol. The normalized spacial score (nSPS) is 32.0. The lowest BCUT2D eigenvalue weighted by atomic mass is 10.2. The second-order valence-corrected chi connectivity index (χ2v) is 5.65. The van der Waals surface area contributed by atoms with Gasteiger partial charge in [0.05, 0.1) is 6.10 Å². The average Bonchev–Trinajstić information content (AvgIpc) is 2.96. The number of likely N-dealkylation sites (tertiary alicyclic amines) is 1. The standard InChI is InChI=1S/C13H20N2O5/c1-7-4-9(7)12(18)14-3-2-11(17)15-6-8(16)5-10(15)13(19)20/h7-10,16H,2-6H2,1H3,(H,14,18)(H,19,20)/t7?,8-,9?,10-/m0/s1. The van der Waals surface area contributed by atoms with Crippen molar-refractivity contribution < 1.29 is 24.6 Å². The van der Waals surface area contributed by atoms with E-state index in [1.165, 1.54) is 4.90 Å². The second-order valence-electron chi connectivity index (χ2n) is 5.65. The molecule has 0 radical (unpaired) electrons. The van der Waals surface area contributed by atoms with Gasteiger partial charge in [-0.15, -0.1) is 0 Å². The van der Waals surface area contributed by atoms with E-state index in [9.17, 15) is 19.5 Å². The molecule has 7 nitrogen and oxygen atoms in total. The molecule has 1 saturated heterocycles. The average molecular weight is 284 g/mol. The molecule has 7 heteroatoms. The van der Waals surface area contributed by atoms with Gasteiger partial charge in [-0.3, -0.25) is 9.59 Å². The summed E-state index contributed by atoms with van der Waals surface area (Å²) in [6.45, 7) is 2.25. The molecule has 2 unspecified atom stereocenters. The third kappa shape index (κ3) is 3.27. The number of carbonyl (C=O) groups excluding carboxylic acids is 2. The minimum absolute atomic E-state index is 0.0402. The van der Waals surface area contributed by atoms with Crippen LogP contribution < -0.4 is 5.32 Å². The molecule has 1 heterocycles. The number of aliphatic hydroxyl groups is 1. The number of aliphatic carboxylic acids is 1. The van der Waals surface area contributed by atoms with Crippen molar-refractivity contribution in [3.05, 3.63) is 0 Å². The lowest BCUT2D eigenvalue weighted by Gasteiger charge is -2.21. The first-order valence-electron chi connectivity index (χ1n) is 6.88. The highest BCUT2D eigenvalue weighted by Gasteiger charge is 2.40. The summed E-state index contributed by atoms with van der Waals surface area (Å²) >= 11 is 0. The number of nitrogens with zero attached hydrogens (tertiary/aromatic N) is 1. The summed E-state index contributed by atoms with van der Waals surface area (Å²) in [5.41, 5.74) is 0. The Balaban J connectivity index is 1.76. The van der Waals surface area contributed by atoms with Gasteiger partial charge in [0.15, 0.2) is 0 Å². The minimum Gasteiger partial charge on any atom is -0.480 e. The summed E-state index contributed by atoms with van der Waals surface area (Å²) in [6, 6.07) is -0.961. The van der Waals surface area contributed by atoms with Gasteiger partial charge < -0.3 is 20.4 Å². The molecule has 1 aliphatic heterocycles. The number of carboxylic acid groups (broad SMARTS) is 1. The quantitative estimate of drug-likeness (QED) is 0.612. The van der Waals surface area contributed by atoms with E-state index < -0.39 is 18.1 Å². The van der Waals surface area contributed by atoms with Gasteiger partial charge in [-0.05, 0) is 12.3 Å². The first-order valence-corrected chi connectivity index (χ1v) is 6.88. The molecule has 2 amide bonds. The fraction of sp³-hybridized carbons (Fsp3) is 0.769. The number of carbonyl (C=O) groups is 3. The molecular formula is C13H20N2O5. The van der Waals surface area contributed by atoms with E-state index in [4.69, 9.17) is 5.11 Å². The van der Waals surface area contributed by atoms with Crippen molar-refractivity contribution in [2.75, 3.05) is 13.1 Å². The van der Waals surface area contributed by atoms with E-state index in [0.717, 1.165) is 6.42 Å². The molecule has 2 aliphatic rings. The Bertz CT molecular complexity index is 425. The van der Waals surface area contributed by atoms with Crippen molar-refractivity contribution in [2.45, 2.75) is 38.3 Å². The summed E-state index contributed by atoms with van der Waals surface area (Å²) in [5, 5.41) is 21.2. The predicted molar refractivity (Wildman–Crippen MR) is 68.7 cm³/mol. The smallest absolute Gasteiger partial charge is 0.326 e. The highest BCUT2D eigenvalue weighted by molar-refractivity contribution is 5.85. The van der Waals surface area contributed by atoms with Crippen molar-refractivity contribution in [2.24, 2.45) is 11.8 Å². The van der Waals surface area contributed by atoms with E-state index >= 15 is 0 Å². The van der Waals surface area contributed by atoms with Crippen LogP contribution >= 0.6 is 0 Å². The maximum atomic E-state index is 11.9. The van der Waals surface area contributed by atoms with E-state index in [2.05, 4.69) is 5.32 Å². The first-order chi connectivity index (χ1) is 9.40. The Morgan fingerprint density at radius 3 is 2.50 bits per heavy atom. The van der Waals surface area contributed by atoms with Gasteiger partial charge >= 0.3 is 5.97 Å². The molecule has 0 aromatic heterocycles. The van der Waals surface area contributed by atoms with Crippen LogP contribution in [0.2, 0.25) is 0 Å². The van der Waals surface area contributed by atoms with Crippen LogP contribution in [0.3, 0.4) is 0 Å². The number of nitrogens with one attached hydrogen (secondary N) is 1. The predicted octanol–water partition coefficient (Wildman–Crippen LogP) is -0.805. The van der Waals surface area contributed by atoms with Crippen LogP contribution in [-0.4, -0.2) is 58.1 Å². The number of rotatable bonds is 5. The Kier molecular flexibility index (Phi) is 4.27. The summed E-state index contributed by atoms with van der Waals surface area (Å²) in [6.07, 6.45) is 0.220. The number of hydrogen-bond acceptors (Lipinski definition) is 4. The van der Waals surface area contributed by atoms with Gasteiger partial charge in [0, 0.05) is 31.8 Å². The lowest BCUT2D eigenvalue weighted by molar-refractivity contribution is -0.148. The molecule has 0 spiro atoms. The molecule has 4 atom stereocenters. The summed E-state index contributed by atoms with van der Waals surface area (Å²) in [4.78, 5) is 35.7. The molecule has 1 saturated carbocycles. The van der Waals surface area contributed by atoms with E-state index in [1.54, 1.807) is 0 Å². The fourth-order valence-electron chi connectivity index (χ4n) is 2.58. The zero-order chi connectivity index (χ0) is 14.9. The van der Waals surface area contributed by atoms with E-state index in [0.29, 0.717) is 5.92 Å². The van der Waals surface area contributed by atoms with Gasteiger partial charge in [0.2, 0.25) is 11.8 Å². The second kappa shape index (κ2) is 5.78. The van der Waals surface area contributed by atoms with Crippen molar-refractivity contribution in [3.63, 3.8) is 0 Å². The number of amides is 2. The Labute approximate surface area is 116 Å². The van der Waals surface area contributed by atoms with Crippen molar-refractivity contribution in [3.8, 4) is 0 Å². The SMILES string of the molecule is CC1CC1C(=O)NCCC(=O)N1C[C@@H](O)C[C@H]1C(=O)O. The Hall–Kier alpha value is -1.63. The molecule has 2 fully saturated rings. The number of hydrogen-bond donors (Lipinski definition) is 3. The van der Waals surface area contributed by atoms with Crippen LogP contribution in [0.1, 0.15) is 26.2 Å². The lowest BCUT2D eigenvalue weighted by Crippen LogP contribution is -2.42. The van der Waals surface area contributed by atoms with Crippen LogP contribution in [0.4, 0.5) is 0 Å². The van der Waals surface area contributed by atoms with E-state index in [1.807, 2.05) is 6.92 Å². The Morgan fingerprint density at radius 1 is 1.30 bits per heavy atom. The zero-order valence-electron chi connectivity index (χ0n) is 11.4. The van der Waals surface area contributed by atoms with Crippen molar-refractivity contribution in [1.82, 2.24) is 10.2 Å². The number of aliphatic hydroxyl groups excluding tert-OH is 1. The topological polar surface area (TPSA) is 107 Å². The maximum absolute atomic E-state index is 11.9. The third-order valence-corrected chi connectivity index (χ3v) is 3.97. The monoisotopic (exact) mass is 284 g/mol. The molecule has 0 aromatic carbocycles. The molecule has 3 N–H and O–H groups in total. The van der Waals surface area contributed by atoms with Gasteiger partial charge in [0.1, 0.15) is 6.04 Å². The van der Waals surface area contributed by atoms with E-state index in [-0.39, 0.29) is 43.7 Å². The fourth-order valence-corrected chi connectivity index (χ4v) is 2.58. The zero-order valence-corrected chi connectivity index (χ0v) is 11.4. The maximum Gasteiger partial charge on any atom is 0.326 e. The highest BCUT2D eigenvalue weighted by atomic mass is 16.4. The minimum atomic E-state index is -1.11. The van der Waals surface area contributed by atoms with Gasteiger partial charge in [-0.1, -0.05) is 6.92 Å². The summed E-state index contributed by atoms with van der Waals surface area (Å²) in [5.74, 6) is -1.02. The van der Waals surface area contributed by atoms with Crippen LogP contribution in [0.25, 0.3) is 0 Å². The molecule has 0 bridgehead atoms. The van der Waals surface area contributed by atoms with Gasteiger partial charge in [-0.2, -0.15) is 0 Å². The van der Waals surface area contributed by atoms with Crippen LogP contribution in [0.15, 0.2) is 0 Å². The Morgan fingerprint density at radius 2 is 1.95 bits per heavy atom. The van der Waals surface area contributed by atoms with Gasteiger partial charge in [-0.25, -0.2) is 4.79 Å². The molecule has 1 aliphatic carbocycles.